The number of urea groups is 1. The summed E-state index contributed by atoms with van der Waals surface area (Å²) in [7, 11) is 1.74. The SMILES string of the molecule is Cc1cccc(NC(=O)N2CCN(c3ccc(NC(=O)c4cccc(F)c4)cc3C(=O)N(C)Cc3ccccc3)CC2)c1. The number of halogens is 1. The van der Waals surface area contributed by atoms with Crippen LogP contribution in [0.3, 0.4) is 0 Å². The highest BCUT2D eigenvalue weighted by molar-refractivity contribution is 6.06. The number of amides is 4. The van der Waals surface area contributed by atoms with Crippen LogP contribution < -0.4 is 15.5 Å². The molecule has 0 unspecified atom stereocenters. The van der Waals surface area contributed by atoms with Crippen molar-refractivity contribution < 1.29 is 18.8 Å². The van der Waals surface area contributed by atoms with Gasteiger partial charge in [-0.15, -0.1) is 0 Å². The molecule has 220 valence electrons. The molecule has 4 aromatic rings. The number of carbonyl (C=O) groups excluding carboxylic acids is 3. The minimum absolute atomic E-state index is 0.167. The summed E-state index contributed by atoms with van der Waals surface area (Å²) >= 11 is 0. The Morgan fingerprint density at radius 3 is 2.23 bits per heavy atom. The molecule has 0 bridgehead atoms. The van der Waals surface area contributed by atoms with Gasteiger partial charge in [0.1, 0.15) is 5.82 Å². The topological polar surface area (TPSA) is 85.0 Å². The highest BCUT2D eigenvalue weighted by Crippen LogP contribution is 2.28. The number of benzene rings is 4. The molecule has 1 aliphatic heterocycles. The molecule has 4 aromatic carbocycles. The fraction of sp³-hybridized carbons (Fsp3) is 0.206. The monoisotopic (exact) mass is 579 g/mol. The van der Waals surface area contributed by atoms with Crippen molar-refractivity contribution >= 4 is 34.9 Å². The molecule has 2 N–H and O–H groups in total. The van der Waals surface area contributed by atoms with Crippen LogP contribution in [0.4, 0.5) is 26.2 Å². The molecule has 1 fully saturated rings. The first-order valence-electron chi connectivity index (χ1n) is 14.1. The van der Waals surface area contributed by atoms with E-state index in [4.69, 9.17) is 0 Å². The number of piperazine rings is 1. The van der Waals surface area contributed by atoms with E-state index in [9.17, 15) is 18.8 Å². The fourth-order valence-electron chi connectivity index (χ4n) is 5.10. The number of anilines is 3. The summed E-state index contributed by atoms with van der Waals surface area (Å²) in [5, 5.41) is 5.75. The second-order valence-electron chi connectivity index (χ2n) is 10.6. The van der Waals surface area contributed by atoms with Crippen LogP contribution in [0.15, 0.2) is 97.1 Å². The molecule has 9 heteroatoms. The van der Waals surface area contributed by atoms with Crippen molar-refractivity contribution in [3.8, 4) is 0 Å². The predicted molar refractivity (Wildman–Crippen MR) is 167 cm³/mol. The average Bonchev–Trinajstić information content (AvgIpc) is 3.01. The van der Waals surface area contributed by atoms with Crippen LogP contribution in [-0.2, 0) is 6.54 Å². The summed E-state index contributed by atoms with van der Waals surface area (Å²) in [4.78, 5) is 45.1. The maximum atomic E-state index is 13.8. The molecule has 1 heterocycles. The van der Waals surface area contributed by atoms with Crippen LogP contribution in [0.5, 0.6) is 0 Å². The smallest absolute Gasteiger partial charge is 0.321 e. The van der Waals surface area contributed by atoms with Gasteiger partial charge in [-0.05, 0) is 66.6 Å². The lowest BCUT2D eigenvalue weighted by molar-refractivity contribution is 0.0785. The highest BCUT2D eigenvalue weighted by atomic mass is 19.1. The first-order valence-corrected chi connectivity index (χ1v) is 14.1. The standard InChI is InChI=1S/C34H34FN5O3/c1-24-8-6-13-28(20-24)37-34(43)40-18-16-39(17-19-40)31-15-14-29(36-32(41)26-11-7-12-27(35)21-26)22-30(31)33(42)38(2)23-25-9-4-3-5-10-25/h3-15,20-22H,16-19,23H2,1-2H3,(H,36,41)(H,37,43). The predicted octanol–water partition coefficient (Wildman–Crippen LogP) is 6.01. The Hall–Kier alpha value is -5.18. The zero-order valence-corrected chi connectivity index (χ0v) is 24.2. The van der Waals surface area contributed by atoms with Gasteiger partial charge >= 0.3 is 6.03 Å². The van der Waals surface area contributed by atoms with E-state index < -0.39 is 11.7 Å². The number of nitrogens with zero attached hydrogens (tertiary/aromatic N) is 3. The van der Waals surface area contributed by atoms with E-state index in [2.05, 4.69) is 15.5 Å². The molecule has 4 amide bonds. The Balaban J connectivity index is 1.34. The molecular weight excluding hydrogens is 545 g/mol. The van der Waals surface area contributed by atoms with E-state index >= 15 is 0 Å². The summed E-state index contributed by atoms with van der Waals surface area (Å²) in [6.07, 6.45) is 0. The van der Waals surface area contributed by atoms with E-state index in [1.54, 1.807) is 29.0 Å². The molecule has 0 atom stereocenters. The van der Waals surface area contributed by atoms with Crippen LogP contribution in [0.1, 0.15) is 31.8 Å². The first kappa shape index (κ1) is 29.3. The summed E-state index contributed by atoms with van der Waals surface area (Å²) < 4.78 is 13.7. The lowest BCUT2D eigenvalue weighted by Gasteiger charge is -2.37. The van der Waals surface area contributed by atoms with Gasteiger partial charge < -0.3 is 25.3 Å². The van der Waals surface area contributed by atoms with Gasteiger partial charge in [-0.25, -0.2) is 9.18 Å². The summed E-state index contributed by atoms with van der Waals surface area (Å²) in [6.45, 7) is 4.39. The maximum Gasteiger partial charge on any atom is 0.321 e. The average molecular weight is 580 g/mol. The van der Waals surface area contributed by atoms with Crippen molar-refractivity contribution in [1.29, 1.82) is 0 Å². The fourth-order valence-corrected chi connectivity index (χ4v) is 5.10. The van der Waals surface area contributed by atoms with Gasteiger partial charge in [-0.1, -0.05) is 48.5 Å². The second kappa shape index (κ2) is 13.2. The lowest BCUT2D eigenvalue weighted by atomic mass is 10.1. The van der Waals surface area contributed by atoms with Crippen molar-refractivity contribution in [3.63, 3.8) is 0 Å². The van der Waals surface area contributed by atoms with Gasteiger partial charge in [0.2, 0.25) is 0 Å². The number of rotatable bonds is 7. The Morgan fingerprint density at radius 2 is 1.51 bits per heavy atom. The Kier molecular flexibility index (Phi) is 9.00. The molecule has 0 saturated carbocycles. The van der Waals surface area contributed by atoms with Gasteiger partial charge in [0.15, 0.2) is 0 Å². The largest absolute Gasteiger partial charge is 0.367 e. The lowest BCUT2D eigenvalue weighted by Crippen LogP contribution is -2.50. The molecule has 0 aromatic heterocycles. The van der Waals surface area contributed by atoms with Crippen molar-refractivity contribution in [3.05, 3.63) is 125 Å². The van der Waals surface area contributed by atoms with Crippen molar-refractivity contribution in [1.82, 2.24) is 9.80 Å². The van der Waals surface area contributed by atoms with Crippen LogP contribution in [0.2, 0.25) is 0 Å². The summed E-state index contributed by atoms with van der Waals surface area (Å²) in [5.41, 5.74) is 4.54. The van der Waals surface area contributed by atoms with Crippen LogP contribution in [-0.4, -0.2) is 60.9 Å². The molecule has 8 nitrogen and oxygen atoms in total. The van der Waals surface area contributed by atoms with Gasteiger partial charge in [-0.3, -0.25) is 9.59 Å². The summed E-state index contributed by atoms with van der Waals surface area (Å²) in [6, 6.07) is 27.8. The highest BCUT2D eigenvalue weighted by Gasteiger charge is 2.26. The number of nitrogens with one attached hydrogen (secondary N) is 2. The number of hydrogen-bond donors (Lipinski definition) is 2. The van der Waals surface area contributed by atoms with Gasteiger partial charge in [0, 0.05) is 62.4 Å². The molecule has 43 heavy (non-hydrogen) atoms. The number of aryl methyl sites for hydroxylation is 1. The molecule has 0 radical (unpaired) electrons. The van der Waals surface area contributed by atoms with Gasteiger partial charge in [0.25, 0.3) is 11.8 Å². The van der Waals surface area contributed by atoms with E-state index in [1.165, 1.54) is 18.2 Å². The Morgan fingerprint density at radius 1 is 0.791 bits per heavy atom. The minimum Gasteiger partial charge on any atom is -0.367 e. The van der Waals surface area contributed by atoms with Crippen LogP contribution in [0, 0.1) is 12.7 Å². The molecule has 5 rings (SSSR count). The Bertz CT molecular complexity index is 1620. The molecule has 0 spiro atoms. The minimum atomic E-state index is -0.506. The molecular formula is C34H34FN5O3. The van der Waals surface area contributed by atoms with Crippen molar-refractivity contribution in [2.75, 3.05) is 48.8 Å². The van der Waals surface area contributed by atoms with E-state index in [0.29, 0.717) is 49.7 Å². The molecule has 1 saturated heterocycles. The van der Waals surface area contributed by atoms with Gasteiger partial charge in [-0.2, -0.15) is 0 Å². The molecule has 0 aliphatic carbocycles. The van der Waals surface area contributed by atoms with Crippen molar-refractivity contribution in [2.24, 2.45) is 0 Å². The van der Waals surface area contributed by atoms with Crippen LogP contribution >= 0.6 is 0 Å². The third-order valence-electron chi connectivity index (χ3n) is 7.36. The zero-order chi connectivity index (χ0) is 30.3. The van der Waals surface area contributed by atoms with Gasteiger partial charge in [0.05, 0.1) is 5.56 Å². The zero-order valence-electron chi connectivity index (χ0n) is 24.2. The van der Waals surface area contributed by atoms with E-state index in [1.807, 2.05) is 67.6 Å². The van der Waals surface area contributed by atoms with Crippen molar-refractivity contribution in [2.45, 2.75) is 13.5 Å². The third-order valence-corrected chi connectivity index (χ3v) is 7.36. The quantitative estimate of drug-likeness (QED) is 0.281. The van der Waals surface area contributed by atoms with E-state index in [-0.39, 0.29) is 17.5 Å². The molecule has 1 aliphatic rings. The van der Waals surface area contributed by atoms with E-state index in [0.717, 1.165) is 22.9 Å². The second-order valence-corrected chi connectivity index (χ2v) is 10.6. The normalized spacial score (nSPS) is 12.9. The third kappa shape index (κ3) is 7.37. The maximum absolute atomic E-state index is 13.8. The summed E-state index contributed by atoms with van der Waals surface area (Å²) in [5.74, 6) is -1.19. The van der Waals surface area contributed by atoms with Crippen LogP contribution in [0.25, 0.3) is 0 Å². The number of hydrogen-bond acceptors (Lipinski definition) is 4. The Labute approximate surface area is 250 Å². The number of carbonyl (C=O) groups is 3. The first-order chi connectivity index (χ1) is 20.8.